The van der Waals surface area contributed by atoms with Crippen LogP contribution in [0.5, 0.6) is 0 Å². The fourth-order valence-corrected chi connectivity index (χ4v) is 3.94. The smallest absolute Gasteiger partial charge is 0.416 e. The van der Waals surface area contributed by atoms with E-state index in [2.05, 4.69) is 15.1 Å². The van der Waals surface area contributed by atoms with Crippen molar-refractivity contribution >= 4 is 17.6 Å². The predicted octanol–water partition coefficient (Wildman–Crippen LogP) is 4.50. The number of halogens is 4. The molecule has 0 unspecified atom stereocenters. The van der Waals surface area contributed by atoms with Gasteiger partial charge in [0.2, 0.25) is 0 Å². The summed E-state index contributed by atoms with van der Waals surface area (Å²) in [6, 6.07) is 3.72. The Hall–Kier alpha value is -2.94. The fourth-order valence-electron chi connectivity index (χ4n) is 3.70. The molecule has 156 valence electrons. The Morgan fingerprint density at radius 3 is 2.53 bits per heavy atom. The lowest BCUT2D eigenvalue weighted by Crippen LogP contribution is -2.11. The minimum Gasteiger partial charge on any atom is -0.478 e. The number of nitrogens with zero attached hydrogens (tertiary/aromatic N) is 4. The molecule has 0 atom stereocenters. The number of carboxylic acids is 1. The molecule has 6 nitrogen and oxygen atoms in total. The topological polar surface area (TPSA) is 80.9 Å². The Labute approximate surface area is 174 Å². The van der Waals surface area contributed by atoms with E-state index in [1.54, 1.807) is 0 Å². The van der Waals surface area contributed by atoms with Crippen LogP contribution in [0, 0.1) is 0 Å². The molecule has 0 amide bonds. The summed E-state index contributed by atoms with van der Waals surface area (Å²) in [5.74, 6) is -0.970. The second-order valence-corrected chi connectivity index (χ2v) is 7.42. The van der Waals surface area contributed by atoms with Crippen LogP contribution in [0.3, 0.4) is 0 Å². The molecule has 1 aromatic carbocycles. The maximum Gasteiger partial charge on any atom is 0.416 e. The maximum atomic E-state index is 13.5. The van der Waals surface area contributed by atoms with Gasteiger partial charge in [0.25, 0.3) is 5.95 Å². The van der Waals surface area contributed by atoms with Gasteiger partial charge in [-0.05, 0) is 48.9 Å². The van der Waals surface area contributed by atoms with Crippen molar-refractivity contribution in [3.05, 3.63) is 69.3 Å². The average Bonchev–Trinajstić information content (AvgIpc) is 3.07. The molecular weight excluding hydrogens is 421 g/mol. The van der Waals surface area contributed by atoms with E-state index >= 15 is 0 Å². The number of rotatable bonds is 4. The van der Waals surface area contributed by atoms with Gasteiger partial charge < -0.3 is 5.11 Å². The van der Waals surface area contributed by atoms with Crippen LogP contribution >= 0.6 is 11.6 Å². The van der Waals surface area contributed by atoms with E-state index in [9.17, 15) is 18.0 Å². The van der Waals surface area contributed by atoms with E-state index in [-0.39, 0.29) is 28.5 Å². The van der Waals surface area contributed by atoms with Crippen molar-refractivity contribution in [2.75, 3.05) is 0 Å². The first-order valence-corrected chi connectivity index (χ1v) is 9.63. The second kappa shape index (κ2) is 7.71. The molecule has 30 heavy (non-hydrogen) atoms. The summed E-state index contributed by atoms with van der Waals surface area (Å²) in [5.41, 5.74) is 1.34. The lowest BCUT2D eigenvalue weighted by atomic mass is 9.92. The molecule has 0 spiro atoms. The summed E-state index contributed by atoms with van der Waals surface area (Å²) in [6.45, 7) is 0. The zero-order valence-electron chi connectivity index (χ0n) is 15.6. The highest BCUT2D eigenvalue weighted by molar-refractivity contribution is 6.31. The van der Waals surface area contributed by atoms with Gasteiger partial charge in [0.15, 0.2) is 0 Å². The number of carboxylic acid groups (broad SMARTS) is 1. The average molecular weight is 437 g/mol. The highest BCUT2D eigenvalue weighted by Gasteiger charge is 2.35. The summed E-state index contributed by atoms with van der Waals surface area (Å²) < 4.78 is 42.0. The SMILES string of the molecule is O=C(O)c1cnc(-n2nc(Cc3c(Cl)cccc3C(F)(F)F)c3c2CCCC3)nc1. The van der Waals surface area contributed by atoms with Gasteiger partial charge in [0.1, 0.15) is 0 Å². The van der Waals surface area contributed by atoms with E-state index in [0.717, 1.165) is 30.2 Å². The molecule has 2 heterocycles. The Balaban J connectivity index is 1.79. The van der Waals surface area contributed by atoms with Crippen molar-refractivity contribution in [2.45, 2.75) is 38.3 Å². The zero-order valence-corrected chi connectivity index (χ0v) is 16.3. The summed E-state index contributed by atoms with van der Waals surface area (Å²) in [4.78, 5) is 19.2. The van der Waals surface area contributed by atoms with Crippen LogP contribution in [-0.2, 0) is 25.4 Å². The largest absolute Gasteiger partial charge is 0.478 e. The molecule has 0 saturated heterocycles. The number of aromatic nitrogens is 4. The summed E-state index contributed by atoms with van der Waals surface area (Å²) in [7, 11) is 0. The molecule has 0 radical (unpaired) electrons. The number of fused-ring (bicyclic) bond motifs is 1. The lowest BCUT2D eigenvalue weighted by Gasteiger charge is -2.15. The molecule has 1 aliphatic carbocycles. The molecule has 1 N–H and O–H groups in total. The van der Waals surface area contributed by atoms with Gasteiger partial charge in [-0.3, -0.25) is 0 Å². The first-order chi connectivity index (χ1) is 14.3. The molecule has 1 aliphatic rings. The second-order valence-electron chi connectivity index (χ2n) is 7.01. The Morgan fingerprint density at radius 1 is 1.17 bits per heavy atom. The van der Waals surface area contributed by atoms with Crippen LogP contribution < -0.4 is 0 Å². The van der Waals surface area contributed by atoms with Crippen LogP contribution in [0.25, 0.3) is 5.95 Å². The van der Waals surface area contributed by atoms with Crippen LogP contribution in [0.2, 0.25) is 5.02 Å². The molecule has 3 aromatic rings. The Bertz CT molecular complexity index is 1110. The van der Waals surface area contributed by atoms with Crippen molar-refractivity contribution in [3.63, 3.8) is 0 Å². The Kier molecular flexibility index (Phi) is 5.23. The molecule has 10 heteroatoms. The number of alkyl halides is 3. The van der Waals surface area contributed by atoms with Gasteiger partial charge in [-0.15, -0.1) is 0 Å². The van der Waals surface area contributed by atoms with Crippen LogP contribution in [0.1, 0.15) is 51.3 Å². The lowest BCUT2D eigenvalue weighted by molar-refractivity contribution is -0.138. The molecule has 0 fully saturated rings. The van der Waals surface area contributed by atoms with Gasteiger partial charge in [0, 0.05) is 23.8 Å². The van der Waals surface area contributed by atoms with Crippen molar-refractivity contribution in [1.82, 2.24) is 19.7 Å². The van der Waals surface area contributed by atoms with E-state index in [4.69, 9.17) is 16.7 Å². The van der Waals surface area contributed by atoms with E-state index < -0.39 is 17.7 Å². The molecule has 4 rings (SSSR count). The van der Waals surface area contributed by atoms with E-state index in [1.165, 1.54) is 29.2 Å². The van der Waals surface area contributed by atoms with E-state index in [1.807, 2.05) is 0 Å². The first kappa shape index (κ1) is 20.3. The molecule has 2 aromatic heterocycles. The van der Waals surface area contributed by atoms with Crippen molar-refractivity contribution in [2.24, 2.45) is 0 Å². The minimum atomic E-state index is -4.53. The minimum absolute atomic E-state index is 0.0215. The molecular formula is C20H16ClF3N4O2. The van der Waals surface area contributed by atoms with Gasteiger partial charge in [-0.25, -0.2) is 19.4 Å². The van der Waals surface area contributed by atoms with E-state index in [0.29, 0.717) is 18.5 Å². The molecule has 0 saturated carbocycles. The fraction of sp³-hybridized carbons (Fsp3) is 0.300. The maximum absolute atomic E-state index is 13.5. The monoisotopic (exact) mass is 436 g/mol. The van der Waals surface area contributed by atoms with Crippen molar-refractivity contribution < 1.29 is 23.1 Å². The van der Waals surface area contributed by atoms with Gasteiger partial charge in [0.05, 0.1) is 22.5 Å². The van der Waals surface area contributed by atoms with Crippen LogP contribution in [0.4, 0.5) is 13.2 Å². The Morgan fingerprint density at radius 2 is 1.87 bits per heavy atom. The quantitative estimate of drug-likeness (QED) is 0.651. The number of hydrogen-bond donors (Lipinski definition) is 1. The van der Waals surface area contributed by atoms with Gasteiger partial charge in [-0.2, -0.15) is 18.3 Å². The normalized spacial score (nSPS) is 13.9. The third-order valence-electron chi connectivity index (χ3n) is 5.11. The summed E-state index contributed by atoms with van der Waals surface area (Å²) in [6.07, 6.45) is 0.929. The van der Waals surface area contributed by atoms with Crippen molar-refractivity contribution in [1.29, 1.82) is 0 Å². The molecule has 0 aliphatic heterocycles. The summed E-state index contributed by atoms with van der Waals surface area (Å²) in [5, 5.41) is 13.6. The number of carbonyl (C=O) groups is 1. The van der Waals surface area contributed by atoms with Crippen LogP contribution in [0.15, 0.2) is 30.6 Å². The number of hydrogen-bond acceptors (Lipinski definition) is 4. The first-order valence-electron chi connectivity index (χ1n) is 9.25. The predicted molar refractivity (Wildman–Crippen MR) is 102 cm³/mol. The summed E-state index contributed by atoms with van der Waals surface area (Å²) >= 11 is 6.12. The number of aromatic carboxylic acids is 1. The van der Waals surface area contributed by atoms with Gasteiger partial charge >= 0.3 is 12.1 Å². The third-order valence-corrected chi connectivity index (χ3v) is 5.46. The molecule has 0 bridgehead atoms. The van der Waals surface area contributed by atoms with Crippen LogP contribution in [-0.4, -0.2) is 30.8 Å². The highest BCUT2D eigenvalue weighted by atomic mass is 35.5. The zero-order chi connectivity index (χ0) is 21.5. The standard InChI is InChI=1S/C20H16ClF3N4O2/c21-15-6-3-5-14(20(22,23)24)13(15)8-16-12-4-1-2-7-17(12)28(27-16)19-25-9-11(10-26-19)18(29)30/h3,5-6,9-10H,1-2,4,7-8H2,(H,29,30). The van der Waals surface area contributed by atoms with Crippen molar-refractivity contribution in [3.8, 4) is 5.95 Å². The number of benzene rings is 1. The van der Waals surface area contributed by atoms with Gasteiger partial charge in [-0.1, -0.05) is 17.7 Å². The highest BCUT2D eigenvalue weighted by Crippen LogP contribution is 2.37. The third kappa shape index (κ3) is 3.77.